The number of sulfonamides is 1. The van der Waals surface area contributed by atoms with E-state index in [0.717, 1.165) is 26.2 Å². The van der Waals surface area contributed by atoms with E-state index in [0.29, 0.717) is 6.54 Å². The van der Waals surface area contributed by atoms with Gasteiger partial charge in [0, 0.05) is 20.1 Å². The fourth-order valence-corrected chi connectivity index (χ4v) is 5.07. The lowest BCUT2D eigenvalue weighted by Crippen LogP contribution is -2.51. The van der Waals surface area contributed by atoms with E-state index >= 15 is 0 Å². The summed E-state index contributed by atoms with van der Waals surface area (Å²) in [6.45, 7) is 7.91. The Bertz CT molecular complexity index is 1340. The Balaban J connectivity index is 1.83. The molecule has 3 aromatic rings. The molecule has 1 atom stereocenters. The molecule has 0 aliphatic heterocycles. The van der Waals surface area contributed by atoms with Crippen molar-refractivity contribution >= 4 is 32.6 Å². The maximum Gasteiger partial charge on any atom is 0.243 e. The molecule has 36 heavy (non-hydrogen) atoms. The second-order valence-corrected chi connectivity index (χ2v) is 11.6. The third-order valence-electron chi connectivity index (χ3n) is 6.07. The maximum atomic E-state index is 13.5. The molecule has 0 unspecified atom stereocenters. The van der Waals surface area contributed by atoms with Gasteiger partial charge in [0.05, 0.1) is 11.4 Å². The Hall–Kier alpha value is -3.23. The van der Waals surface area contributed by atoms with Gasteiger partial charge in [0.25, 0.3) is 0 Å². The fourth-order valence-electron chi connectivity index (χ4n) is 3.92. The first-order chi connectivity index (χ1) is 17.0. The zero-order chi connectivity index (χ0) is 26.5. The first kappa shape index (κ1) is 27.4. The van der Waals surface area contributed by atoms with Crippen LogP contribution in [0.1, 0.15) is 31.9 Å². The summed E-state index contributed by atoms with van der Waals surface area (Å²) in [6.07, 6.45) is 0. The topological polar surface area (TPSA) is 86.8 Å². The van der Waals surface area contributed by atoms with Crippen molar-refractivity contribution < 1.29 is 18.0 Å². The summed E-state index contributed by atoms with van der Waals surface area (Å²) in [5, 5.41) is 4.61. The molecule has 7 nitrogen and oxygen atoms in total. The number of carbonyl (C=O) groups excluding carboxylic acids is 2. The summed E-state index contributed by atoms with van der Waals surface area (Å²) in [5.74, 6) is -0.458. The van der Waals surface area contributed by atoms with Crippen molar-refractivity contribution in [1.29, 1.82) is 0 Å². The van der Waals surface area contributed by atoms with Gasteiger partial charge in [-0.25, -0.2) is 8.42 Å². The lowest BCUT2D eigenvalue weighted by atomic mass is 10.1. The van der Waals surface area contributed by atoms with Crippen LogP contribution in [0, 0.1) is 12.8 Å². The number of rotatable bonds is 10. The molecular weight excluding hydrogens is 474 g/mol. The van der Waals surface area contributed by atoms with Gasteiger partial charge in [-0.05, 0) is 48.2 Å². The van der Waals surface area contributed by atoms with Crippen molar-refractivity contribution in [2.45, 2.75) is 45.2 Å². The highest BCUT2D eigenvalue weighted by atomic mass is 32.2. The molecule has 0 fully saturated rings. The second kappa shape index (κ2) is 11.7. The van der Waals surface area contributed by atoms with E-state index in [-0.39, 0.29) is 29.8 Å². The molecule has 1 N–H and O–H groups in total. The first-order valence-corrected chi connectivity index (χ1v) is 13.5. The third kappa shape index (κ3) is 6.71. The van der Waals surface area contributed by atoms with Crippen LogP contribution < -0.4 is 5.32 Å². The summed E-state index contributed by atoms with van der Waals surface area (Å²) in [6, 6.07) is 19.3. The number of nitrogens with one attached hydrogen (secondary N) is 1. The number of likely N-dealkylation sites (N-methyl/N-ethyl adjacent to an activating group) is 1. The maximum absolute atomic E-state index is 13.5. The van der Waals surface area contributed by atoms with Crippen molar-refractivity contribution in [2.24, 2.45) is 5.92 Å². The molecule has 3 rings (SSSR count). The fraction of sp³-hybridized carbons (Fsp3) is 0.357. The number of benzene rings is 3. The van der Waals surface area contributed by atoms with E-state index in [9.17, 15) is 18.0 Å². The number of nitrogens with zero attached hydrogens (tertiary/aromatic N) is 2. The average molecular weight is 510 g/mol. The monoisotopic (exact) mass is 509 g/mol. The largest absolute Gasteiger partial charge is 0.354 e. The normalized spacial score (nSPS) is 12.6. The highest BCUT2D eigenvalue weighted by Crippen LogP contribution is 2.22. The van der Waals surface area contributed by atoms with E-state index in [1.807, 2.05) is 69.3 Å². The molecule has 0 saturated carbocycles. The molecule has 3 aromatic carbocycles. The third-order valence-corrected chi connectivity index (χ3v) is 7.87. The van der Waals surface area contributed by atoms with Gasteiger partial charge in [-0.1, -0.05) is 74.0 Å². The Kier molecular flexibility index (Phi) is 8.87. The second-order valence-electron chi connectivity index (χ2n) is 9.60. The zero-order valence-electron chi connectivity index (χ0n) is 21.6. The summed E-state index contributed by atoms with van der Waals surface area (Å²) in [7, 11) is -2.54. The lowest BCUT2D eigenvalue weighted by Gasteiger charge is -2.30. The summed E-state index contributed by atoms with van der Waals surface area (Å²) >= 11 is 0. The van der Waals surface area contributed by atoms with E-state index in [4.69, 9.17) is 0 Å². The predicted molar refractivity (Wildman–Crippen MR) is 143 cm³/mol. The minimum absolute atomic E-state index is 0.115. The molecule has 192 valence electrons. The molecule has 0 aromatic heterocycles. The number of hydrogen-bond acceptors (Lipinski definition) is 4. The molecule has 0 saturated heterocycles. The summed E-state index contributed by atoms with van der Waals surface area (Å²) < 4.78 is 27.6. The number of aryl methyl sites for hydroxylation is 1. The van der Waals surface area contributed by atoms with Crippen LogP contribution in [0.3, 0.4) is 0 Å². The van der Waals surface area contributed by atoms with Gasteiger partial charge in [0.15, 0.2) is 0 Å². The van der Waals surface area contributed by atoms with Crippen molar-refractivity contribution in [2.75, 3.05) is 20.1 Å². The first-order valence-electron chi connectivity index (χ1n) is 12.1. The Morgan fingerprint density at radius 3 is 2.28 bits per heavy atom. The van der Waals surface area contributed by atoms with Crippen molar-refractivity contribution in [3.8, 4) is 0 Å². The van der Waals surface area contributed by atoms with Crippen LogP contribution in [0.15, 0.2) is 71.6 Å². The minimum atomic E-state index is -3.92. The number of amides is 2. The van der Waals surface area contributed by atoms with Gasteiger partial charge in [-0.2, -0.15) is 4.31 Å². The molecule has 8 heteroatoms. The van der Waals surface area contributed by atoms with Crippen LogP contribution in [0.2, 0.25) is 0 Å². The van der Waals surface area contributed by atoms with E-state index in [1.165, 1.54) is 11.9 Å². The van der Waals surface area contributed by atoms with Crippen LogP contribution in [-0.4, -0.2) is 55.6 Å². The predicted octanol–water partition coefficient (Wildman–Crippen LogP) is 3.96. The van der Waals surface area contributed by atoms with Crippen LogP contribution in [0.4, 0.5) is 0 Å². The molecule has 0 heterocycles. The smallest absolute Gasteiger partial charge is 0.243 e. The van der Waals surface area contributed by atoms with Gasteiger partial charge < -0.3 is 10.2 Å². The Labute approximate surface area is 214 Å². The van der Waals surface area contributed by atoms with Crippen LogP contribution >= 0.6 is 0 Å². The number of fused-ring (bicyclic) bond motifs is 1. The zero-order valence-corrected chi connectivity index (χ0v) is 22.4. The average Bonchev–Trinajstić information content (AvgIpc) is 2.84. The summed E-state index contributed by atoms with van der Waals surface area (Å²) in [4.78, 5) is 27.9. The highest BCUT2D eigenvalue weighted by Gasteiger charge is 2.30. The SMILES string of the molecule is Cc1cccc(CN(C(=O)CN(C)S(=O)(=O)c2ccc3ccccc3c2)[C@H](C)C(=O)NCC(C)C)c1. The molecule has 0 radical (unpaired) electrons. The molecule has 0 aliphatic rings. The minimum Gasteiger partial charge on any atom is -0.354 e. The number of hydrogen-bond donors (Lipinski definition) is 1. The number of carbonyl (C=O) groups is 2. The van der Waals surface area contributed by atoms with E-state index < -0.39 is 22.0 Å². The van der Waals surface area contributed by atoms with Crippen molar-refractivity contribution in [1.82, 2.24) is 14.5 Å². The van der Waals surface area contributed by atoms with Crippen LogP contribution in [0.5, 0.6) is 0 Å². The summed E-state index contributed by atoms with van der Waals surface area (Å²) in [5.41, 5.74) is 1.90. The Morgan fingerprint density at radius 1 is 0.917 bits per heavy atom. The van der Waals surface area contributed by atoms with Crippen LogP contribution in [-0.2, 0) is 26.2 Å². The standard InChI is InChI=1S/C28H35N3O4S/c1-20(2)17-29-28(33)22(4)31(18-23-10-8-9-21(3)15-23)27(32)19-30(5)36(34,35)26-14-13-24-11-6-7-12-25(24)16-26/h6-16,20,22H,17-19H2,1-5H3,(H,29,33)/t22-/m1/s1. The molecule has 2 amide bonds. The molecule has 0 bridgehead atoms. The van der Waals surface area contributed by atoms with E-state index in [2.05, 4.69) is 5.32 Å². The lowest BCUT2D eigenvalue weighted by molar-refractivity contribution is -0.140. The van der Waals surface area contributed by atoms with E-state index in [1.54, 1.807) is 25.1 Å². The van der Waals surface area contributed by atoms with Gasteiger partial charge in [0.2, 0.25) is 21.8 Å². The van der Waals surface area contributed by atoms with Gasteiger partial charge in [0.1, 0.15) is 6.04 Å². The van der Waals surface area contributed by atoms with Crippen LogP contribution in [0.25, 0.3) is 10.8 Å². The molecular formula is C28H35N3O4S. The van der Waals surface area contributed by atoms with Crippen molar-refractivity contribution in [3.63, 3.8) is 0 Å². The Morgan fingerprint density at radius 2 is 1.61 bits per heavy atom. The molecule has 0 spiro atoms. The molecule has 0 aliphatic carbocycles. The quantitative estimate of drug-likeness (QED) is 0.448. The van der Waals surface area contributed by atoms with Gasteiger partial charge >= 0.3 is 0 Å². The van der Waals surface area contributed by atoms with Crippen molar-refractivity contribution in [3.05, 3.63) is 77.9 Å². The van der Waals surface area contributed by atoms with Gasteiger partial charge in [-0.15, -0.1) is 0 Å². The van der Waals surface area contributed by atoms with Gasteiger partial charge in [-0.3, -0.25) is 9.59 Å². The highest BCUT2D eigenvalue weighted by molar-refractivity contribution is 7.89.